The summed E-state index contributed by atoms with van der Waals surface area (Å²) in [5.41, 5.74) is 2.83. The van der Waals surface area contributed by atoms with Crippen molar-refractivity contribution in [1.29, 1.82) is 0 Å². The molecule has 0 N–H and O–H groups in total. The Morgan fingerprint density at radius 1 is 0.919 bits per heavy atom. The maximum Gasteiger partial charge on any atom is 0.324 e. The molecule has 0 radical (unpaired) electrons. The number of amides is 2. The van der Waals surface area contributed by atoms with Crippen LogP contribution in [0.1, 0.15) is 49.6 Å². The number of hydrogen-bond donors (Lipinski definition) is 0. The summed E-state index contributed by atoms with van der Waals surface area (Å²) in [5, 5.41) is 0. The molecule has 8 heteroatoms. The van der Waals surface area contributed by atoms with Crippen LogP contribution in [-0.4, -0.2) is 54.8 Å². The number of aromatic nitrogens is 2. The molecule has 0 bridgehead atoms. The Morgan fingerprint density at radius 2 is 1.73 bits per heavy atom. The Labute approximate surface area is 219 Å². The Hall–Kier alpha value is -3.81. The summed E-state index contributed by atoms with van der Waals surface area (Å²) >= 11 is 0. The lowest BCUT2D eigenvalue weighted by Gasteiger charge is -2.36. The molecule has 4 rings (SSSR count). The Bertz CT molecular complexity index is 1170. The van der Waals surface area contributed by atoms with Gasteiger partial charge in [0.2, 0.25) is 0 Å². The second-order valence-corrected chi connectivity index (χ2v) is 9.09. The van der Waals surface area contributed by atoms with Crippen LogP contribution < -0.4 is 19.1 Å². The fraction of sp³-hybridized carbons (Fsp3) is 0.414. The molecule has 8 nitrogen and oxygen atoms in total. The molecule has 0 aliphatic carbocycles. The fourth-order valence-corrected chi connectivity index (χ4v) is 4.49. The number of hydrogen-bond acceptors (Lipinski definition) is 6. The Balaban J connectivity index is 1.47. The molecule has 3 aromatic rings. The third kappa shape index (κ3) is 6.70. The van der Waals surface area contributed by atoms with Gasteiger partial charge in [0.1, 0.15) is 11.6 Å². The first kappa shape index (κ1) is 26.3. The highest BCUT2D eigenvalue weighted by Gasteiger charge is 2.28. The number of nitrogens with zero attached hydrogens (tertiary/aromatic N) is 4. The van der Waals surface area contributed by atoms with Crippen molar-refractivity contribution in [3.8, 4) is 17.2 Å². The molecule has 2 aromatic carbocycles. The first-order valence-corrected chi connectivity index (χ1v) is 12.9. The van der Waals surface area contributed by atoms with Gasteiger partial charge < -0.3 is 19.1 Å². The van der Waals surface area contributed by atoms with Gasteiger partial charge >= 0.3 is 6.03 Å². The number of unbranched alkanes of at least 4 members (excludes halogenated alkanes) is 2. The van der Waals surface area contributed by atoms with Gasteiger partial charge in [-0.3, -0.25) is 4.90 Å². The van der Waals surface area contributed by atoms with Crippen LogP contribution in [0.2, 0.25) is 0 Å². The summed E-state index contributed by atoms with van der Waals surface area (Å²) in [6.07, 6.45) is 8.21. The molecule has 2 heterocycles. The number of urea groups is 1. The number of methoxy groups -OCH3 is 2. The van der Waals surface area contributed by atoms with Crippen LogP contribution in [-0.2, 0) is 13.0 Å². The van der Waals surface area contributed by atoms with E-state index in [1.165, 1.54) is 0 Å². The monoisotopic (exact) mass is 504 g/mol. The third-order valence-corrected chi connectivity index (χ3v) is 6.47. The average Bonchev–Trinajstić information content (AvgIpc) is 2.93. The van der Waals surface area contributed by atoms with Gasteiger partial charge in [0.05, 0.1) is 27.4 Å². The maximum atomic E-state index is 13.5. The SMILES string of the molecule is CCCCCOc1cc(N2CCCN(Cc3ccc(Cc4ncccn4)cc3OC)C2=O)ccc1OC. The zero-order chi connectivity index (χ0) is 26.0. The minimum atomic E-state index is -0.0304. The van der Waals surface area contributed by atoms with Gasteiger partial charge in [-0.1, -0.05) is 31.9 Å². The average molecular weight is 505 g/mol. The summed E-state index contributed by atoms with van der Waals surface area (Å²) < 4.78 is 17.2. The molecule has 0 spiro atoms. The van der Waals surface area contributed by atoms with E-state index >= 15 is 0 Å². The van der Waals surface area contributed by atoms with E-state index in [2.05, 4.69) is 16.9 Å². The Morgan fingerprint density at radius 3 is 2.49 bits per heavy atom. The highest BCUT2D eigenvalue weighted by atomic mass is 16.5. The van der Waals surface area contributed by atoms with Crippen LogP contribution in [0.5, 0.6) is 17.2 Å². The summed E-state index contributed by atoms with van der Waals surface area (Å²) in [6, 6.07) is 13.5. The molecule has 1 aliphatic heterocycles. The molecular formula is C29H36N4O4. The highest BCUT2D eigenvalue weighted by molar-refractivity contribution is 5.93. The van der Waals surface area contributed by atoms with E-state index in [0.29, 0.717) is 44.2 Å². The van der Waals surface area contributed by atoms with Crippen LogP contribution in [0.3, 0.4) is 0 Å². The van der Waals surface area contributed by atoms with E-state index in [1.54, 1.807) is 32.7 Å². The number of carbonyl (C=O) groups is 1. The minimum Gasteiger partial charge on any atom is -0.496 e. The van der Waals surface area contributed by atoms with Gasteiger partial charge in [-0.05, 0) is 42.7 Å². The molecule has 1 aromatic heterocycles. The van der Waals surface area contributed by atoms with Gasteiger partial charge in [0, 0.05) is 49.2 Å². The largest absolute Gasteiger partial charge is 0.496 e. The van der Waals surface area contributed by atoms with Gasteiger partial charge in [-0.25, -0.2) is 14.8 Å². The van der Waals surface area contributed by atoms with E-state index in [1.807, 2.05) is 46.2 Å². The van der Waals surface area contributed by atoms with Crippen LogP contribution in [0.4, 0.5) is 10.5 Å². The first-order valence-electron chi connectivity index (χ1n) is 12.9. The van der Waals surface area contributed by atoms with Crippen molar-refractivity contribution in [2.75, 3.05) is 38.8 Å². The lowest BCUT2D eigenvalue weighted by Crippen LogP contribution is -2.49. The number of carbonyl (C=O) groups excluding carboxylic acids is 1. The zero-order valence-corrected chi connectivity index (χ0v) is 22.0. The van der Waals surface area contributed by atoms with E-state index in [9.17, 15) is 4.79 Å². The second kappa shape index (κ2) is 12.9. The predicted octanol–water partition coefficient (Wildman–Crippen LogP) is 5.49. The fourth-order valence-electron chi connectivity index (χ4n) is 4.49. The number of rotatable bonds is 12. The molecular weight excluding hydrogens is 468 g/mol. The second-order valence-electron chi connectivity index (χ2n) is 9.09. The summed E-state index contributed by atoms with van der Waals surface area (Å²) in [7, 11) is 3.29. The molecule has 1 aliphatic rings. The van der Waals surface area contributed by atoms with Crippen molar-refractivity contribution in [3.63, 3.8) is 0 Å². The van der Waals surface area contributed by atoms with Crippen molar-refractivity contribution in [2.24, 2.45) is 0 Å². The zero-order valence-electron chi connectivity index (χ0n) is 22.0. The summed E-state index contributed by atoms with van der Waals surface area (Å²) in [5.74, 6) is 2.85. The number of ether oxygens (including phenoxy) is 3. The summed E-state index contributed by atoms with van der Waals surface area (Å²) in [6.45, 7) is 4.61. The lowest BCUT2D eigenvalue weighted by atomic mass is 10.1. The van der Waals surface area contributed by atoms with Crippen molar-refractivity contribution >= 4 is 11.7 Å². The smallest absolute Gasteiger partial charge is 0.324 e. The van der Waals surface area contributed by atoms with Gasteiger partial charge in [0.15, 0.2) is 11.5 Å². The van der Waals surface area contributed by atoms with E-state index in [4.69, 9.17) is 14.2 Å². The molecule has 196 valence electrons. The molecule has 1 saturated heterocycles. The number of benzene rings is 2. The van der Waals surface area contributed by atoms with Gasteiger partial charge in [-0.2, -0.15) is 0 Å². The quantitative estimate of drug-likeness (QED) is 0.304. The molecule has 0 atom stereocenters. The van der Waals surface area contributed by atoms with E-state index < -0.39 is 0 Å². The Kier molecular flexibility index (Phi) is 9.18. The first-order chi connectivity index (χ1) is 18.1. The molecule has 0 saturated carbocycles. The van der Waals surface area contributed by atoms with Crippen molar-refractivity contribution in [2.45, 2.75) is 45.6 Å². The van der Waals surface area contributed by atoms with Crippen molar-refractivity contribution < 1.29 is 19.0 Å². The van der Waals surface area contributed by atoms with Crippen molar-refractivity contribution in [3.05, 3.63) is 71.8 Å². The topological polar surface area (TPSA) is 77.0 Å². The van der Waals surface area contributed by atoms with Gasteiger partial charge in [0.25, 0.3) is 0 Å². The number of anilines is 1. The van der Waals surface area contributed by atoms with Gasteiger partial charge in [-0.15, -0.1) is 0 Å². The van der Waals surface area contributed by atoms with E-state index in [-0.39, 0.29) is 6.03 Å². The van der Waals surface area contributed by atoms with Crippen LogP contribution in [0.25, 0.3) is 0 Å². The lowest BCUT2D eigenvalue weighted by molar-refractivity contribution is 0.191. The standard InChI is InChI=1S/C29H36N4O4/c1-4-5-6-17-37-27-20-24(11-12-25(27)35-2)33-16-8-15-32(29(33)34)21-23-10-9-22(18-26(23)36-3)19-28-30-13-7-14-31-28/h7,9-14,18,20H,4-6,8,15-17,19,21H2,1-3H3. The molecule has 37 heavy (non-hydrogen) atoms. The third-order valence-electron chi connectivity index (χ3n) is 6.47. The predicted molar refractivity (Wildman–Crippen MR) is 144 cm³/mol. The van der Waals surface area contributed by atoms with Crippen molar-refractivity contribution in [1.82, 2.24) is 14.9 Å². The maximum absolute atomic E-state index is 13.5. The molecule has 1 fully saturated rings. The normalized spacial score (nSPS) is 13.5. The minimum absolute atomic E-state index is 0.0304. The molecule has 0 unspecified atom stereocenters. The van der Waals surface area contributed by atoms with Crippen LogP contribution >= 0.6 is 0 Å². The van der Waals surface area contributed by atoms with Crippen LogP contribution in [0.15, 0.2) is 54.9 Å². The van der Waals surface area contributed by atoms with E-state index in [0.717, 1.165) is 54.1 Å². The van der Waals surface area contributed by atoms with Crippen LogP contribution in [0, 0.1) is 0 Å². The highest BCUT2D eigenvalue weighted by Crippen LogP contribution is 2.34. The summed E-state index contributed by atoms with van der Waals surface area (Å²) in [4.78, 5) is 25.8. The molecule has 2 amide bonds.